The van der Waals surface area contributed by atoms with E-state index in [9.17, 15) is 0 Å². The quantitative estimate of drug-likeness (QED) is 0.909. The first-order chi connectivity index (χ1) is 7.77. The molecule has 1 aromatic rings. The van der Waals surface area contributed by atoms with Crippen molar-refractivity contribution in [2.45, 2.75) is 26.3 Å². The summed E-state index contributed by atoms with van der Waals surface area (Å²) in [6.07, 6.45) is 1.82. The Labute approximate surface area is 104 Å². The Bertz CT molecular complexity index is 393. The minimum absolute atomic E-state index is 0.514. The molecule has 0 amide bonds. The number of fused-ring (bicyclic) bond motifs is 1. The number of rotatable bonds is 2. The molecular formula is C12H16BrNO2. The van der Waals surface area contributed by atoms with Gasteiger partial charge in [0.15, 0.2) is 11.5 Å². The lowest BCUT2D eigenvalue weighted by atomic mass is 10.0. The highest BCUT2D eigenvalue weighted by Crippen LogP contribution is 2.39. The number of ether oxygens (including phenoxy) is 2. The summed E-state index contributed by atoms with van der Waals surface area (Å²) in [7, 11) is 0. The number of hydrogen-bond acceptors (Lipinski definition) is 3. The van der Waals surface area contributed by atoms with Crippen LogP contribution in [0, 0.1) is 0 Å². The van der Waals surface area contributed by atoms with Crippen LogP contribution >= 0.6 is 15.9 Å². The van der Waals surface area contributed by atoms with Crippen molar-refractivity contribution in [2.24, 2.45) is 5.73 Å². The summed E-state index contributed by atoms with van der Waals surface area (Å²) in [6, 6.07) is 1.96. The fourth-order valence-corrected chi connectivity index (χ4v) is 2.58. The van der Waals surface area contributed by atoms with Gasteiger partial charge in [0, 0.05) is 23.0 Å². The molecule has 2 rings (SSSR count). The van der Waals surface area contributed by atoms with Crippen LogP contribution in [-0.2, 0) is 13.0 Å². The van der Waals surface area contributed by atoms with E-state index in [1.54, 1.807) is 0 Å². The van der Waals surface area contributed by atoms with Gasteiger partial charge in [-0.25, -0.2) is 0 Å². The van der Waals surface area contributed by atoms with E-state index in [4.69, 9.17) is 15.2 Å². The van der Waals surface area contributed by atoms with Crippen molar-refractivity contribution in [3.8, 4) is 11.5 Å². The van der Waals surface area contributed by atoms with Gasteiger partial charge in [-0.1, -0.05) is 22.9 Å². The van der Waals surface area contributed by atoms with Gasteiger partial charge in [0.2, 0.25) is 0 Å². The van der Waals surface area contributed by atoms with Gasteiger partial charge in [-0.2, -0.15) is 0 Å². The van der Waals surface area contributed by atoms with Crippen molar-refractivity contribution in [3.05, 3.63) is 21.7 Å². The van der Waals surface area contributed by atoms with Gasteiger partial charge in [-0.05, 0) is 18.1 Å². The molecule has 0 aliphatic carbocycles. The molecule has 0 spiro atoms. The lowest BCUT2D eigenvalue weighted by molar-refractivity contribution is 0.296. The van der Waals surface area contributed by atoms with E-state index in [-0.39, 0.29) is 0 Å². The predicted octanol–water partition coefficient (Wildman–Crippen LogP) is 2.63. The smallest absolute Gasteiger partial charge is 0.164 e. The molecule has 88 valence electrons. The van der Waals surface area contributed by atoms with Crippen LogP contribution in [-0.4, -0.2) is 13.2 Å². The van der Waals surface area contributed by atoms with E-state index >= 15 is 0 Å². The Morgan fingerprint density at radius 3 is 2.75 bits per heavy atom. The molecule has 16 heavy (non-hydrogen) atoms. The second-order valence-electron chi connectivity index (χ2n) is 3.75. The van der Waals surface area contributed by atoms with Crippen molar-refractivity contribution in [2.75, 3.05) is 13.2 Å². The van der Waals surface area contributed by atoms with Gasteiger partial charge in [-0.3, -0.25) is 0 Å². The van der Waals surface area contributed by atoms with Crippen molar-refractivity contribution in [3.63, 3.8) is 0 Å². The number of nitrogens with two attached hydrogens (primary N) is 1. The van der Waals surface area contributed by atoms with Crippen LogP contribution in [0.15, 0.2) is 10.5 Å². The Morgan fingerprint density at radius 2 is 2.06 bits per heavy atom. The van der Waals surface area contributed by atoms with Gasteiger partial charge in [0.05, 0.1) is 13.2 Å². The first kappa shape index (κ1) is 11.7. The molecule has 1 heterocycles. The molecule has 0 fully saturated rings. The summed E-state index contributed by atoms with van der Waals surface area (Å²) >= 11 is 3.54. The highest BCUT2D eigenvalue weighted by atomic mass is 79.9. The largest absolute Gasteiger partial charge is 0.490 e. The number of halogens is 1. The number of benzene rings is 1. The normalized spacial score (nSPS) is 14.7. The van der Waals surface area contributed by atoms with Crippen LogP contribution < -0.4 is 15.2 Å². The molecule has 3 nitrogen and oxygen atoms in total. The molecule has 1 aliphatic heterocycles. The van der Waals surface area contributed by atoms with Crippen molar-refractivity contribution >= 4 is 15.9 Å². The Morgan fingerprint density at radius 1 is 1.31 bits per heavy atom. The van der Waals surface area contributed by atoms with E-state index in [0.29, 0.717) is 19.8 Å². The van der Waals surface area contributed by atoms with E-state index < -0.39 is 0 Å². The van der Waals surface area contributed by atoms with Crippen LogP contribution in [0.4, 0.5) is 0 Å². The van der Waals surface area contributed by atoms with E-state index in [0.717, 1.165) is 39.9 Å². The van der Waals surface area contributed by atoms with Crippen LogP contribution in [0.1, 0.15) is 24.5 Å². The average Bonchev–Trinajstić information content (AvgIpc) is 2.52. The van der Waals surface area contributed by atoms with E-state index in [1.807, 2.05) is 6.07 Å². The van der Waals surface area contributed by atoms with Crippen LogP contribution in [0.25, 0.3) is 0 Å². The van der Waals surface area contributed by atoms with E-state index in [1.165, 1.54) is 0 Å². The van der Waals surface area contributed by atoms with Crippen molar-refractivity contribution in [1.82, 2.24) is 0 Å². The summed E-state index contributed by atoms with van der Waals surface area (Å²) in [5.74, 6) is 1.71. The summed E-state index contributed by atoms with van der Waals surface area (Å²) < 4.78 is 12.5. The molecule has 1 aromatic carbocycles. The van der Waals surface area contributed by atoms with Gasteiger partial charge < -0.3 is 15.2 Å². The molecule has 0 bridgehead atoms. The summed E-state index contributed by atoms with van der Waals surface area (Å²) in [5.41, 5.74) is 8.05. The lowest BCUT2D eigenvalue weighted by Crippen LogP contribution is -2.06. The molecule has 4 heteroatoms. The maximum atomic E-state index is 5.77. The first-order valence-electron chi connectivity index (χ1n) is 5.57. The highest BCUT2D eigenvalue weighted by molar-refractivity contribution is 9.10. The summed E-state index contributed by atoms with van der Waals surface area (Å²) in [4.78, 5) is 0. The maximum Gasteiger partial charge on any atom is 0.164 e. The summed E-state index contributed by atoms with van der Waals surface area (Å²) in [5, 5.41) is 0. The van der Waals surface area contributed by atoms with Crippen molar-refractivity contribution in [1.29, 1.82) is 0 Å². The van der Waals surface area contributed by atoms with Gasteiger partial charge >= 0.3 is 0 Å². The minimum atomic E-state index is 0.514. The molecule has 0 radical (unpaired) electrons. The lowest BCUT2D eigenvalue weighted by Gasteiger charge is -2.16. The third kappa shape index (κ3) is 2.04. The van der Waals surface area contributed by atoms with E-state index in [2.05, 4.69) is 22.9 Å². The Kier molecular flexibility index (Phi) is 3.71. The minimum Gasteiger partial charge on any atom is -0.490 e. The third-order valence-corrected chi connectivity index (χ3v) is 3.47. The van der Waals surface area contributed by atoms with Crippen molar-refractivity contribution < 1.29 is 9.47 Å². The van der Waals surface area contributed by atoms with Crippen LogP contribution in [0.3, 0.4) is 0 Å². The highest BCUT2D eigenvalue weighted by Gasteiger charge is 2.19. The molecule has 0 unspecified atom stereocenters. The molecule has 0 saturated carbocycles. The average molecular weight is 286 g/mol. The second kappa shape index (κ2) is 5.06. The fraction of sp³-hybridized carbons (Fsp3) is 0.500. The second-order valence-corrected chi connectivity index (χ2v) is 4.61. The number of hydrogen-bond donors (Lipinski definition) is 1. The van der Waals surface area contributed by atoms with Crippen LogP contribution in [0.5, 0.6) is 11.5 Å². The molecule has 0 saturated heterocycles. The molecule has 0 aromatic heterocycles. The summed E-state index contributed by atoms with van der Waals surface area (Å²) in [6.45, 7) is 4.05. The standard InChI is InChI=1S/C12H16BrNO2/c1-2-8-9(7-14)10(13)6-11-12(8)16-5-3-4-15-11/h6H,2-5,7,14H2,1H3. The molecule has 1 aliphatic rings. The van der Waals surface area contributed by atoms with Gasteiger partial charge in [0.1, 0.15) is 0 Å². The van der Waals surface area contributed by atoms with Crippen LogP contribution in [0.2, 0.25) is 0 Å². The third-order valence-electron chi connectivity index (χ3n) is 2.76. The first-order valence-corrected chi connectivity index (χ1v) is 6.37. The van der Waals surface area contributed by atoms with Gasteiger partial charge in [-0.15, -0.1) is 0 Å². The predicted molar refractivity (Wildman–Crippen MR) is 67.0 cm³/mol. The molecular weight excluding hydrogens is 270 g/mol. The van der Waals surface area contributed by atoms with Gasteiger partial charge in [0.25, 0.3) is 0 Å². The Hall–Kier alpha value is -0.740. The zero-order valence-corrected chi connectivity index (χ0v) is 11.0. The molecule has 2 N–H and O–H groups in total. The zero-order chi connectivity index (χ0) is 11.5. The fourth-order valence-electron chi connectivity index (χ4n) is 1.97. The zero-order valence-electron chi connectivity index (χ0n) is 9.38. The molecule has 0 atom stereocenters. The maximum absolute atomic E-state index is 5.77. The Balaban J connectivity index is 2.56. The topological polar surface area (TPSA) is 44.5 Å². The monoisotopic (exact) mass is 285 g/mol. The SMILES string of the molecule is CCc1c(CN)c(Br)cc2c1OCCCO2.